The molecule has 0 bridgehead atoms. The minimum atomic E-state index is -0.944. The predicted octanol–water partition coefficient (Wildman–Crippen LogP) is 3.35. The largest absolute Gasteiger partial charge is 0.478 e. The zero-order chi connectivity index (χ0) is 13.3. The lowest BCUT2D eigenvalue weighted by Gasteiger charge is -2.07. The van der Waals surface area contributed by atoms with Gasteiger partial charge in [0.25, 0.3) is 0 Å². The van der Waals surface area contributed by atoms with Gasteiger partial charge in [0.05, 0.1) is 29.0 Å². The monoisotopic (exact) mass is 328 g/mol. The van der Waals surface area contributed by atoms with E-state index in [0.29, 0.717) is 11.6 Å². The molecule has 0 saturated heterocycles. The minimum absolute atomic E-state index is 0.251. The molecule has 0 atom stereocenters. The SMILES string of the molecule is Cc1c(Cl)cnn1Cc1ccc(C(=O)O)cc1Br. The molecule has 4 nitrogen and oxygen atoms in total. The molecule has 0 unspecified atom stereocenters. The van der Waals surface area contributed by atoms with Crippen LogP contribution in [0.15, 0.2) is 28.9 Å². The maximum Gasteiger partial charge on any atom is 0.335 e. The number of rotatable bonds is 3. The smallest absolute Gasteiger partial charge is 0.335 e. The van der Waals surface area contributed by atoms with Gasteiger partial charge < -0.3 is 5.11 Å². The van der Waals surface area contributed by atoms with Gasteiger partial charge in [-0.25, -0.2) is 4.79 Å². The number of benzene rings is 1. The predicted molar refractivity (Wildman–Crippen MR) is 72.2 cm³/mol. The van der Waals surface area contributed by atoms with Gasteiger partial charge in [-0.15, -0.1) is 0 Å². The molecule has 1 N–H and O–H groups in total. The summed E-state index contributed by atoms with van der Waals surface area (Å²) in [4.78, 5) is 10.8. The van der Waals surface area contributed by atoms with E-state index >= 15 is 0 Å². The van der Waals surface area contributed by atoms with E-state index in [0.717, 1.165) is 15.7 Å². The van der Waals surface area contributed by atoms with Crippen LogP contribution in [0.2, 0.25) is 5.02 Å². The lowest BCUT2D eigenvalue weighted by Crippen LogP contribution is -2.05. The lowest BCUT2D eigenvalue weighted by atomic mass is 10.1. The highest BCUT2D eigenvalue weighted by molar-refractivity contribution is 9.10. The van der Waals surface area contributed by atoms with Crippen LogP contribution in [0.5, 0.6) is 0 Å². The van der Waals surface area contributed by atoms with Gasteiger partial charge in [-0.1, -0.05) is 33.6 Å². The Labute approximate surface area is 117 Å². The van der Waals surface area contributed by atoms with Gasteiger partial charge in [0.2, 0.25) is 0 Å². The number of aromatic nitrogens is 2. The Morgan fingerprint density at radius 3 is 2.78 bits per heavy atom. The van der Waals surface area contributed by atoms with Gasteiger partial charge in [0.1, 0.15) is 0 Å². The maximum absolute atomic E-state index is 10.8. The molecule has 18 heavy (non-hydrogen) atoms. The van der Waals surface area contributed by atoms with Crippen molar-refractivity contribution < 1.29 is 9.90 Å². The van der Waals surface area contributed by atoms with Crippen molar-refractivity contribution in [3.63, 3.8) is 0 Å². The molecule has 0 spiro atoms. The molecule has 0 fully saturated rings. The van der Waals surface area contributed by atoms with E-state index in [-0.39, 0.29) is 5.56 Å². The first-order valence-corrected chi connectivity index (χ1v) is 6.35. The first kappa shape index (κ1) is 13.1. The second kappa shape index (κ2) is 5.12. The van der Waals surface area contributed by atoms with Gasteiger partial charge in [-0.3, -0.25) is 4.68 Å². The molecule has 94 valence electrons. The van der Waals surface area contributed by atoms with Crippen molar-refractivity contribution in [1.82, 2.24) is 9.78 Å². The van der Waals surface area contributed by atoms with E-state index in [1.807, 2.05) is 6.92 Å². The van der Waals surface area contributed by atoms with Gasteiger partial charge >= 0.3 is 5.97 Å². The normalized spacial score (nSPS) is 10.6. The Morgan fingerprint density at radius 2 is 2.28 bits per heavy atom. The van der Waals surface area contributed by atoms with Gasteiger partial charge in [0.15, 0.2) is 0 Å². The number of hydrogen-bond acceptors (Lipinski definition) is 2. The number of carboxylic acid groups (broad SMARTS) is 1. The van der Waals surface area contributed by atoms with Gasteiger partial charge in [-0.2, -0.15) is 5.10 Å². The second-order valence-electron chi connectivity index (χ2n) is 3.85. The third-order valence-electron chi connectivity index (χ3n) is 2.66. The van der Waals surface area contributed by atoms with Crippen molar-refractivity contribution in [2.45, 2.75) is 13.5 Å². The first-order valence-electron chi connectivity index (χ1n) is 5.18. The van der Waals surface area contributed by atoms with Crippen LogP contribution >= 0.6 is 27.5 Å². The molecule has 0 aliphatic carbocycles. The summed E-state index contributed by atoms with van der Waals surface area (Å²) in [5, 5.41) is 13.7. The number of aromatic carboxylic acids is 1. The molecule has 2 aromatic rings. The van der Waals surface area contributed by atoms with Gasteiger partial charge in [-0.05, 0) is 24.6 Å². The fourth-order valence-corrected chi connectivity index (χ4v) is 2.20. The van der Waals surface area contributed by atoms with Crippen LogP contribution in [-0.2, 0) is 6.54 Å². The molecule has 0 aliphatic heterocycles. The second-order valence-corrected chi connectivity index (χ2v) is 5.11. The third-order valence-corrected chi connectivity index (χ3v) is 3.77. The zero-order valence-corrected chi connectivity index (χ0v) is 11.9. The van der Waals surface area contributed by atoms with E-state index in [2.05, 4.69) is 21.0 Å². The summed E-state index contributed by atoms with van der Waals surface area (Å²) in [5.74, 6) is -0.944. The molecule has 0 amide bonds. The summed E-state index contributed by atoms with van der Waals surface area (Å²) in [6, 6.07) is 4.92. The summed E-state index contributed by atoms with van der Waals surface area (Å²) in [5.41, 5.74) is 2.08. The molecule has 2 rings (SSSR count). The molecule has 0 radical (unpaired) electrons. The fourth-order valence-electron chi connectivity index (χ4n) is 1.55. The molecule has 0 saturated carbocycles. The molecule has 0 aliphatic rings. The average molecular weight is 330 g/mol. The zero-order valence-electron chi connectivity index (χ0n) is 9.52. The number of hydrogen-bond donors (Lipinski definition) is 1. The Morgan fingerprint density at radius 1 is 1.56 bits per heavy atom. The van der Waals surface area contributed by atoms with E-state index < -0.39 is 5.97 Å². The summed E-state index contributed by atoms with van der Waals surface area (Å²) in [7, 11) is 0. The quantitative estimate of drug-likeness (QED) is 0.939. The molecule has 6 heteroatoms. The highest BCUT2D eigenvalue weighted by Crippen LogP contribution is 2.21. The van der Waals surface area contributed by atoms with Crippen molar-refractivity contribution in [3.8, 4) is 0 Å². The summed E-state index contributed by atoms with van der Waals surface area (Å²) >= 11 is 9.30. The number of halogens is 2. The van der Waals surface area contributed by atoms with Crippen LogP contribution in [0.4, 0.5) is 0 Å². The Bertz CT molecular complexity index is 610. The highest BCUT2D eigenvalue weighted by atomic mass is 79.9. The summed E-state index contributed by atoms with van der Waals surface area (Å²) in [6.45, 7) is 2.42. The molecular weight excluding hydrogens is 320 g/mol. The van der Waals surface area contributed by atoms with Crippen molar-refractivity contribution in [3.05, 3.63) is 50.7 Å². The van der Waals surface area contributed by atoms with E-state index in [9.17, 15) is 4.79 Å². The van der Waals surface area contributed by atoms with Crippen LogP contribution in [0.3, 0.4) is 0 Å². The fraction of sp³-hybridized carbons (Fsp3) is 0.167. The van der Waals surface area contributed by atoms with E-state index in [1.54, 1.807) is 29.1 Å². The Kier molecular flexibility index (Phi) is 3.73. The molecule has 1 aromatic carbocycles. The maximum atomic E-state index is 10.8. The lowest BCUT2D eigenvalue weighted by molar-refractivity contribution is 0.0697. The van der Waals surface area contributed by atoms with Crippen molar-refractivity contribution >= 4 is 33.5 Å². The molecule has 1 aromatic heterocycles. The standard InChI is InChI=1S/C12H10BrClN2O2/c1-7-11(14)5-15-16(7)6-9-3-2-8(12(17)18)4-10(9)13/h2-5H,6H2,1H3,(H,17,18). The minimum Gasteiger partial charge on any atom is -0.478 e. The highest BCUT2D eigenvalue weighted by Gasteiger charge is 2.09. The third kappa shape index (κ3) is 2.57. The number of carboxylic acids is 1. The van der Waals surface area contributed by atoms with E-state index in [4.69, 9.17) is 16.7 Å². The number of carbonyl (C=O) groups is 1. The molecular formula is C12H10BrClN2O2. The van der Waals surface area contributed by atoms with Crippen LogP contribution in [0.25, 0.3) is 0 Å². The van der Waals surface area contributed by atoms with Crippen LogP contribution in [0, 0.1) is 6.92 Å². The average Bonchev–Trinajstić information content (AvgIpc) is 2.63. The topological polar surface area (TPSA) is 55.1 Å². The Hall–Kier alpha value is -1.33. The van der Waals surface area contributed by atoms with Crippen LogP contribution < -0.4 is 0 Å². The summed E-state index contributed by atoms with van der Waals surface area (Å²) in [6.07, 6.45) is 1.59. The first-order chi connectivity index (χ1) is 8.49. The van der Waals surface area contributed by atoms with Crippen LogP contribution in [0.1, 0.15) is 21.6 Å². The van der Waals surface area contributed by atoms with Crippen molar-refractivity contribution in [2.75, 3.05) is 0 Å². The van der Waals surface area contributed by atoms with Crippen LogP contribution in [-0.4, -0.2) is 20.9 Å². The molecule has 1 heterocycles. The van der Waals surface area contributed by atoms with Gasteiger partial charge in [0, 0.05) is 4.47 Å². The van der Waals surface area contributed by atoms with E-state index in [1.165, 1.54) is 0 Å². The van der Waals surface area contributed by atoms with Crippen molar-refractivity contribution in [1.29, 1.82) is 0 Å². The Balaban J connectivity index is 2.30. The summed E-state index contributed by atoms with van der Waals surface area (Å²) < 4.78 is 2.51. The number of nitrogens with zero attached hydrogens (tertiary/aromatic N) is 2. The van der Waals surface area contributed by atoms with Crippen molar-refractivity contribution in [2.24, 2.45) is 0 Å².